The van der Waals surface area contributed by atoms with E-state index in [1.807, 2.05) is 44.3 Å². The first-order valence-electron chi connectivity index (χ1n) is 11.3. The van der Waals surface area contributed by atoms with E-state index in [2.05, 4.69) is 77.9 Å². The van der Waals surface area contributed by atoms with Crippen molar-refractivity contribution in [3.63, 3.8) is 0 Å². The van der Waals surface area contributed by atoms with Crippen LogP contribution in [0, 0.1) is 0 Å². The van der Waals surface area contributed by atoms with Crippen LogP contribution in [0.15, 0.2) is 48.5 Å². The first-order valence-corrected chi connectivity index (χ1v) is 13.7. The number of nitrogens with zero attached hydrogens (tertiary/aromatic N) is 1. The first kappa shape index (κ1) is 27.0. The minimum Gasteiger partial charge on any atom is -0.497 e. The molecule has 0 saturated heterocycles. The van der Waals surface area contributed by atoms with Crippen LogP contribution in [0.4, 0.5) is 0 Å². The zero-order chi connectivity index (χ0) is 24.5. The Hall–Kier alpha value is -1.22. The topological polar surface area (TPSA) is 29.5 Å². The van der Waals surface area contributed by atoms with Gasteiger partial charge in [-0.15, -0.1) is 0 Å². The zero-order valence-corrected chi connectivity index (χ0v) is 23.5. The second kappa shape index (κ2) is 9.95. The van der Waals surface area contributed by atoms with Crippen molar-refractivity contribution in [1.82, 2.24) is 4.31 Å². The van der Waals surface area contributed by atoms with Gasteiger partial charge in [0, 0.05) is 7.05 Å². The van der Waals surface area contributed by atoms with Crippen LogP contribution in [0.25, 0.3) is 0 Å². The lowest BCUT2D eigenvalue weighted by molar-refractivity contribution is 0.413. The van der Waals surface area contributed by atoms with E-state index in [0.717, 1.165) is 11.3 Å². The lowest BCUT2D eigenvalue weighted by Crippen LogP contribution is -2.40. The molecule has 0 heterocycles. The number of hydrogen-bond donors (Lipinski definition) is 0. The highest BCUT2D eigenvalue weighted by Crippen LogP contribution is 2.59. The van der Waals surface area contributed by atoms with Crippen molar-refractivity contribution in [2.45, 2.75) is 83.4 Å². The van der Waals surface area contributed by atoms with E-state index in [1.54, 1.807) is 7.11 Å². The molecule has 0 aliphatic heterocycles. The van der Waals surface area contributed by atoms with Gasteiger partial charge in [0.05, 0.1) is 17.9 Å². The summed E-state index contributed by atoms with van der Waals surface area (Å²) in [6.07, 6.45) is 0. The van der Waals surface area contributed by atoms with E-state index in [9.17, 15) is 4.21 Å². The molecule has 0 unspecified atom stereocenters. The standard InChI is InChI=1S/C27H42NO2PS/c1-25(2,3)31(26(4,5)6)23-15-13-12-14-22(23)24(28(10)32(29)27(7,8)9)20-16-18-21(30-11)19-17-20/h12-19,24H,1-11H3/t24-,32-/m1/s1. The Labute approximate surface area is 200 Å². The van der Waals surface area contributed by atoms with Gasteiger partial charge in [-0.05, 0) is 59.6 Å². The lowest BCUT2D eigenvalue weighted by atomic mass is 9.98. The van der Waals surface area contributed by atoms with Crippen molar-refractivity contribution >= 4 is 24.2 Å². The molecule has 5 heteroatoms. The Morgan fingerprint density at radius 2 is 1.34 bits per heavy atom. The van der Waals surface area contributed by atoms with E-state index >= 15 is 0 Å². The quantitative estimate of drug-likeness (QED) is 0.426. The van der Waals surface area contributed by atoms with Crippen molar-refractivity contribution < 1.29 is 8.95 Å². The summed E-state index contributed by atoms with van der Waals surface area (Å²) in [7, 11) is 1.98. The average molecular weight is 476 g/mol. The third-order valence-corrected chi connectivity index (χ3v) is 10.7. The molecule has 0 aliphatic rings. The average Bonchev–Trinajstić information content (AvgIpc) is 2.66. The molecule has 2 aromatic rings. The molecule has 0 amide bonds. The molecule has 0 N–H and O–H groups in total. The fraction of sp³-hybridized carbons (Fsp3) is 0.556. The summed E-state index contributed by atoms with van der Waals surface area (Å²) < 4.78 is 20.7. The zero-order valence-electron chi connectivity index (χ0n) is 21.8. The van der Waals surface area contributed by atoms with Crippen LogP contribution in [0.5, 0.6) is 5.75 Å². The Balaban J connectivity index is 2.79. The summed E-state index contributed by atoms with van der Waals surface area (Å²) in [6.45, 7) is 20.2. The van der Waals surface area contributed by atoms with Gasteiger partial charge in [-0.1, -0.05) is 85.9 Å². The van der Waals surface area contributed by atoms with Crippen LogP contribution in [0.2, 0.25) is 0 Å². The van der Waals surface area contributed by atoms with Crippen LogP contribution in [-0.4, -0.2) is 37.7 Å². The Morgan fingerprint density at radius 3 is 1.78 bits per heavy atom. The summed E-state index contributed by atoms with van der Waals surface area (Å²) in [5.74, 6) is 0.826. The normalized spacial score (nSPS) is 15.2. The van der Waals surface area contributed by atoms with Crippen LogP contribution in [0.1, 0.15) is 79.5 Å². The molecule has 0 aromatic heterocycles. The molecule has 0 bridgehead atoms. The monoisotopic (exact) mass is 475 g/mol. The maximum atomic E-state index is 13.6. The number of hydrogen-bond acceptors (Lipinski definition) is 2. The third-order valence-electron chi connectivity index (χ3n) is 5.39. The fourth-order valence-electron chi connectivity index (χ4n) is 4.55. The smallest absolute Gasteiger partial charge is 0.118 e. The van der Waals surface area contributed by atoms with Crippen molar-refractivity contribution in [3.05, 3.63) is 59.7 Å². The van der Waals surface area contributed by atoms with Gasteiger partial charge in [-0.2, -0.15) is 0 Å². The van der Waals surface area contributed by atoms with Crippen molar-refractivity contribution in [2.24, 2.45) is 0 Å². The summed E-state index contributed by atoms with van der Waals surface area (Å²) in [5, 5.41) is 1.66. The van der Waals surface area contributed by atoms with Crippen molar-refractivity contribution in [2.75, 3.05) is 14.2 Å². The molecule has 178 valence electrons. The van der Waals surface area contributed by atoms with Crippen LogP contribution in [-0.2, 0) is 11.0 Å². The second-order valence-electron chi connectivity index (χ2n) is 11.3. The highest BCUT2D eigenvalue weighted by molar-refractivity contribution is 7.84. The van der Waals surface area contributed by atoms with Crippen molar-refractivity contribution in [3.8, 4) is 5.75 Å². The summed E-state index contributed by atoms with van der Waals surface area (Å²) >= 11 is 0. The highest BCUT2D eigenvalue weighted by Gasteiger charge is 2.39. The summed E-state index contributed by atoms with van der Waals surface area (Å²) in [5.41, 5.74) is 2.37. The highest BCUT2D eigenvalue weighted by atomic mass is 32.2. The molecule has 0 saturated carbocycles. The van der Waals surface area contributed by atoms with Gasteiger partial charge in [0.25, 0.3) is 0 Å². The predicted octanol–water partition coefficient (Wildman–Crippen LogP) is 6.88. The molecule has 0 aliphatic carbocycles. The Morgan fingerprint density at radius 1 is 0.844 bits per heavy atom. The molecule has 2 atom stereocenters. The SMILES string of the molecule is COc1ccc([C@H](c2ccccc2P(C(C)(C)C)C(C)(C)C)N(C)[S@](=O)C(C)(C)C)cc1. The van der Waals surface area contributed by atoms with Gasteiger partial charge in [-0.3, -0.25) is 0 Å². The molecular formula is C27H42NO2PS. The summed E-state index contributed by atoms with van der Waals surface area (Å²) in [4.78, 5) is 0. The molecule has 0 radical (unpaired) electrons. The van der Waals surface area contributed by atoms with Crippen LogP contribution >= 0.6 is 7.92 Å². The van der Waals surface area contributed by atoms with E-state index < -0.39 is 18.9 Å². The minimum atomic E-state index is -1.17. The Bertz CT molecular complexity index is 906. The molecule has 2 aromatic carbocycles. The van der Waals surface area contributed by atoms with Gasteiger partial charge < -0.3 is 4.74 Å². The van der Waals surface area contributed by atoms with Crippen LogP contribution < -0.4 is 10.0 Å². The third kappa shape index (κ3) is 6.22. The first-order chi connectivity index (χ1) is 14.6. The van der Waals surface area contributed by atoms with Gasteiger partial charge >= 0.3 is 0 Å². The molecule has 2 rings (SSSR count). The molecule has 0 fully saturated rings. The van der Waals surface area contributed by atoms with Gasteiger partial charge in [-0.25, -0.2) is 8.51 Å². The second-order valence-corrected chi connectivity index (χ2v) is 17.5. The molecular weight excluding hydrogens is 433 g/mol. The number of methoxy groups -OCH3 is 1. The molecule has 32 heavy (non-hydrogen) atoms. The lowest BCUT2D eigenvalue weighted by Gasteiger charge is -2.44. The van der Waals surface area contributed by atoms with Gasteiger partial charge in [0.2, 0.25) is 0 Å². The fourth-order valence-corrected chi connectivity index (χ4v) is 9.99. The van der Waals surface area contributed by atoms with E-state index in [-0.39, 0.29) is 21.1 Å². The minimum absolute atomic E-state index is 0.119. The Kier molecular flexibility index (Phi) is 8.41. The number of rotatable bonds is 6. The molecule has 0 spiro atoms. The summed E-state index contributed by atoms with van der Waals surface area (Å²) in [6, 6.07) is 16.9. The predicted molar refractivity (Wildman–Crippen MR) is 143 cm³/mol. The maximum absolute atomic E-state index is 13.6. The van der Waals surface area contributed by atoms with Crippen LogP contribution in [0.3, 0.4) is 0 Å². The molecule has 3 nitrogen and oxygen atoms in total. The maximum Gasteiger partial charge on any atom is 0.118 e. The number of ether oxygens (including phenoxy) is 1. The largest absolute Gasteiger partial charge is 0.497 e. The van der Waals surface area contributed by atoms with E-state index in [0.29, 0.717) is 0 Å². The van der Waals surface area contributed by atoms with E-state index in [4.69, 9.17) is 4.74 Å². The van der Waals surface area contributed by atoms with Gasteiger partial charge in [0.1, 0.15) is 16.7 Å². The number of benzene rings is 2. The van der Waals surface area contributed by atoms with Crippen molar-refractivity contribution in [1.29, 1.82) is 0 Å². The van der Waals surface area contributed by atoms with E-state index in [1.165, 1.54) is 10.9 Å². The van der Waals surface area contributed by atoms with Gasteiger partial charge in [0.15, 0.2) is 0 Å².